The number of rotatable bonds is 2. The first-order valence-corrected chi connectivity index (χ1v) is 5.70. The molecule has 0 radical (unpaired) electrons. The van der Waals surface area contributed by atoms with Gasteiger partial charge < -0.3 is 14.6 Å². The van der Waals surface area contributed by atoms with Crippen LogP contribution in [0.2, 0.25) is 0 Å². The number of hydrogen-bond acceptors (Lipinski definition) is 3. The summed E-state index contributed by atoms with van der Waals surface area (Å²) in [6.07, 6.45) is 0.343. The molecule has 0 aliphatic carbocycles. The normalized spacial score (nSPS) is 18.8. The first kappa shape index (κ1) is 11.7. The van der Waals surface area contributed by atoms with Crippen LogP contribution in [0.5, 0.6) is 0 Å². The zero-order chi connectivity index (χ0) is 12.4. The smallest absolute Gasteiger partial charge is 0.242 e. The van der Waals surface area contributed by atoms with E-state index < -0.39 is 0 Å². The molecule has 1 aliphatic rings. The third kappa shape index (κ3) is 2.49. The molecule has 17 heavy (non-hydrogen) atoms. The van der Waals surface area contributed by atoms with E-state index in [0.29, 0.717) is 13.0 Å². The van der Waals surface area contributed by atoms with Gasteiger partial charge in [0.25, 0.3) is 0 Å². The molecule has 2 rings (SSSR count). The van der Waals surface area contributed by atoms with Crippen LogP contribution >= 0.6 is 0 Å². The summed E-state index contributed by atoms with van der Waals surface area (Å²) in [5.41, 5.74) is 0. The summed E-state index contributed by atoms with van der Waals surface area (Å²) >= 11 is 0. The molecule has 1 aromatic rings. The maximum atomic E-state index is 11.9. The molecule has 5 heteroatoms. The van der Waals surface area contributed by atoms with Crippen LogP contribution in [-0.4, -0.2) is 29.8 Å². The molecule has 1 fully saturated rings. The number of nitrogens with one attached hydrogen (secondary N) is 1. The minimum atomic E-state index is -0.135. The van der Waals surface area contributed by atoms with E-state index in [1.165, 1.54) is 0 Å². The maximum absolute atomic E-state index is 11.9. The number of carbonyl (C=O) groups excluding carboxylic acids is 2. The van der Waals surface area contributed by atoms with Crippen LogP contribution < -0.4 is 5.32 Å². The third-order valence-electron chi connectivity index (χ3n) is 2.98. The molecule has 0 saturated carbocycles. The van der Waals surface area contributed by atoms with Gasteiger partial charge >= 0.3 is 0 Å². The fraction of sp³-hybridized carbons (Fsp3) is 0.500. The van der Waals surface area contributed by atoms with Gasteiger partial charge in [0.1, 0.15) is 11.5 Å². The average Bonchev–Trinajstić information content (AvgIpc) is 2.65. The minimum absolute atomic E-state index is 0.0718. The van der Waals surface area contributed by atoms with Crippen molar-refractivity contribution < 1.29 is 14.0 Å². The van der Waals surface area contributed by atoms with Gasteiger partial charge in [-0.1, -0.05) is 0 Å². The molecule has 2 heterocycles. The Morgan fingerprint density at radius 2 is 2.18 bits per heavy atom. The first-order valence-electron chi connectivity index (χ1n) is 5.70. The lowest BCUT2D eigenvalue weighted by Gasteiger charge is -2.25. The Morgan fingerprint density at radius 3 is 2.82 bits per heavy atom. The number of hydrogen-bond donors (Lipinski definition) is 1. The standard InChI is InChI=1S/C12H16N2O3/c1-8-3-4-10(17-8)9(2)14-6-5-11(15)13-7-12(14)16/h3-4,9H,5-7H2,1-2H3,(H,13,15). The van der Waals surface area contributed by atoms with E-state index in [2.05, 4.69) is 5.32 Å². The molecule has 2 amide bonds. The van der Waals surface area contributed by atoms with Gasteiger partial charge in [0, 0.05) is 13.0 Å². The fourth-order valence-corrected chi connectivity index (χ4v) is 1.95. The van der Waals surface area contributed by atoms with Crippen LogP contribution in [0.25, 0.3) is 0 Å². The summed E-state index contributed by atoms with van der Waals surface area (Å²) in [7, 11) is 0. The summed E-state index contributed by atoms with van der Waals surface area (Å²) in [5.74, 6) is 1.43. The van der Waals surface area contributed by atoms with E-state index in [1.807, 2.05) is 26.0 Å². The fourth-order valence-electron chi connectivity index (χ4n) is 1.95. The van der Waals surface area contributed by atoms with Crippen molar-refractivity contribution >= 4 is 11.8 Å². The van der Waals surface area contributed by atoms with Crippen molar-refractivity contribution in [3.05, 3.63) is 23.7 Å². The zero-order valence-corrected chi connectivity index (χ0v) is 10.0. The lowest BCUT2D eigenvalue weighted by molar-refractivity contribution is -0.132. The molecule has 1 aromatic heterocycles. The van der Waals surface area contributed by atoms with Gasteiger partial charge in [0.15, 0.2) is 0 Å². The Hall–Kier alpha value is -1.78. The number of amides is 2. The summed E-state index contributed by atoms with van der Waals surface area (Å²) in [6.45, 7) is 4.28. The van der Waals surface area contributed by atoms with Crippen LogP contribution in [0.3, 0.4) is 0 Å². The molecule has 1 unspecified atom stereocenters. The van der Waals surface area contributed by atoms with Gasteiger partial charge in [0.05, 0.1) is 12.6 Å². The Bertz CT molecular complexity index is 439. The predicted octanol–water partition coefficient (Wildman–Crippen LogP) is 0.998. The van der Waals surface area contributed by atoms with Crippen molar-refractivity contribution in [1.82, 2.24) is 10.2 Å². The third-order valence-corrected chi connectivity index (χ3v) is 2.98. The molecule has 5 nitrogen and oxygen atoms in total. The number of aryl methyl sites for hydroxylation is 1. The van der Waals surface area contributed by atoms with Crippen LogP contribution in [0.15, 0.2) is 16.5 Å². The second kappa shape index (κ2) is 4.61. The van der Waals surface area contributed by atoms with Crippen LogP contribution in [-0.2, 0) is 9.59 Å². The second-order valence-electron chi connectivity index (χ2n) is 4.24. The van der Waals surface area contributed by atoms with Crippen molar-refractivity contribution in [2.75, 3.05) is 13.1 Å². The Morgan fingerprint density at radius 1 is 1.41 bits per heavy atom. The summed E-state index contributed by atoms with van der Waals surface area (Å²) in [4.78, 5) is 24.8. The monoisotopic (exact) mass is 236 g/mol. The lowest BCUT2D eigenvalue weighted by atomic mass is 10.2. The highest BCUT2D eigenvalue weighted by Crippen LogP contribution is 2.23. The SMILES string of the molecule is Cc1ccc(C(C)N2CCC(=O)NCC2=O)o1. The topological polar surface area (TPSA) is 62.6 Å². The largest absolute Gasteiger partial charge is 0.464 e. The number of carbonyl (C=O) groups is 2. The highest BCUT2D eigenvalue weighted by atomic mass is 16.3. The van der Waals surface area contributed by atoms with Gasteiger partial charge in [-0.3, -0.25) is 9.59 Å². The van der Waals surface area contributed by atoms with Gasteiger partial charge in [0.2, 0.25) is 11.8 Å². The van der Waals surface area contributed by atoms with E-state index in [0.717, 1.165) is 11.5 Å². The van der Waals surface area contributed by atoms with Crippen molar-refractivity contribution in [2.24, 2.45) is 0 Å². The van der Waals surface area contributed by atoms with E-state index in [1.54, 1.807) is 4.90 Å². The predicted molar refractivity (Wildman–Crippen MR) is 61.2 cm³/mol. The number of furan rings is 1. The van der Waals surface area contributed by atoms with Crippen LogP contribution in [0, 0.1) is 6.92 Å². The quantitative estimate of drug-likeness (QED) is 0.833. The molecule has 0 aromatic carbocycles. The molecule has 0 bridgehead atoms. The van der Waals surface area contributed by atoms with E-state index in [4.69, 9.17) is 4.42 Å². The molecular weight excluding hydrogens is 220 g/mol. The summed E-state index contributed by atoms with van der Waals surface area (Å²) in [6, 6.07) is 3.61. The summed E-state index contributed by atoms with van der Waals surface area (Å²) < 4.78 is 5.52. The molecule has 1 saturated heterocycles. The van der Waals surface area contributed by atoms with Gasteiger partial charge in [-0.15, -0.1) is 0 Å². The van der Waals surface area contributed by atoms with Crippen LogP contribution in [0.4, 0.5) is 0 Å². The molecule has 1 N–H and O–H groups in total. The zero-order valence-electron chi connectivity index (χ0n) is 10.0. The van der Waals surface area contributed by atoms with Gasteiger partial charge in [-0.05, 0) is 26.0 Å². The summed E-state index contributed by atoms with van der Waals surface area (Å²) in [5, 5.41) is 2.58. The van der Waals surface area contributed by atoms with Gasteiger partial charge in [-0.25, -0.2) is 0 Å². The molecule has 1 aliphatic heterocycles. The molecule has 0 spiro atoms. The Kier molecular flexibility index (Phi) is 3.17. The Balaban J connectivity index is 2.15. The Labute approximate surface area is 99.8 Å². The van der Waals surface area contributed by atoms with Gasteiger partial charge in [-0.2, -0.15) is 0 Å². The lowest BCUT2D eigenvalue weighted by Crippen LogP contribution is -2.36. The van der Waals surface area contributed by atoms with E-state index in [9.17, 15) is 9.59 Å². The molecule has 92 valence electrons. The van der Waals surface area contributed by atoms with Crippen molar-refractivity contribution in [3.8, 4) is 0 Å². The van der Waals surface area contributed by atoms with Crippen molar-refractivity contribution in [3.63, 3.8) is 0 Å². The highest BCUT2D eigenvalue weighted by molar-refractivity contribution is 5.87. The maximum Gasteiger partial charge on any atom is 0.242 e. The first-order chi connectivity index (χ1) is 8.08. The van der Waals surface area contributed by atoms with E-state index in [-0.39, 0.29) is 24.4 Å². The minimum Gasteiger partial charge on any atom is -0.464 e. The second-order valence-corrected chi connectivity index (χ2v) is 4.24. The number of nitrogens with zero attached hydrogens (tertiary/aromatic N) is 1. The van der Waals surface area contributed by atoms with Crippen molar-refractivity contribution in [1.29, 1.82) is 0 Å². The highest BCUT2D eigenvalue weighted by Gasteiger charge is 2.26. The molecule has 1 atom stereocenters. The van der Waals surface area contributed by atoms with E-state index >= 15 is 0 Å². The molecular formula is C12H16N2O3. The van der Waals surface area contributed by atoms with Crippen molar-refractivity contribution in [2.45, 2.75) is 26.3 Å². The average molecular weight is 236 g/mol. The van der Waals surface area contributed by atoms with Crippen LogP contribution in [0.1, 0.15) is 30.9 Å².